The summed E-state index contributed by atoms with van der Waals surface area (Å²) in [6, 6.07) is 10.1. The van der Waals surface area contributed by atoms with Gasteiger partial charge in [0.05, 0.1) is 24.3 Å². The lowest BCUT2D eigenvalue weighted by Gasteiger charge is -2.05. The summed E-state index contributed by atoms with van der Waals surface area (Å²) < 4.78 is 11.6. The van der Waals surface area contributed by atoms with Gasteiger partial charge in [0.25, 0.3) is 0 Å². The summed E-state index contributed by atoms with van der Waals surface area (Å²) in [5.74, 6) is 0.637. The Bertz CT molecular complexity index is 816. The molecular weight excluding hydrogens is 364 g/mol. The molecule has 2 aromatic rings. The Balaban J connectivity index is 1.89. The summed E-state index contributed by atoms with van der Waals surface area (Å²) in [5.41, 5.74) is 2.11. The van der Waals surface area contributed by atoms with Gasteiger partial charge in [-0.2, -0.15) is 0 Å². The summed E-state index contributed by atoms with van der Waals surface area (Å²) in [7, 11) is 1.66. The van der Waals surface area contributed by atoms with Gasteiger partial charge in [0.2, 0.25) is 0 Å². The maximum Gasteiger partial charge on any atom is 0.310 e. The zero-order chi connectivity index (χ0) is 18.4. The zero-order valence-corrected chi connectivity index (χ0v) is 16.6. The highest BCUT2D eigenvalue weighted by Crippen LogP contribution is 2.42. The molecule has 0 amide bonds. The van der Waals surface area contributed by atoms with Crippen molar-refractivity contribution in [3.05, 3.63) is 59.0 Å². The van der Waals surface area contributed by atoms with E-state index in [9.17, 15) is 4.79 Å². The van der Waals surface area contributed by atoms with E-state index < -0.39 is 0 Å². The van der Waals surface area contributed by atoms with Crippen molar-refractivity contribution in [2.45, 2.75) is 30.4 Å². The van der Waals surface area contributed by atoms with Crippen molar-refractivity contribution in [3.63, 3.8) is 0 Å². The maximum absolute atomic E-state index is 12.0. The van der Waals surface area contributed by atoms with E-state index in [0.717, 1.165) is 34.6 Å². The summed E-state index contributed by atoms with van der Waals surface area (Å²) in [6.07, 6.45) is 9.14. The molecule has 0 aliphatic heterocycles. The van der Waals surface area contributed by atoms with Crippen LogP contribution in [0.25, 0.3) is 10.4 Å². The number of hydrogen-bond acceptors (Lipinski definition) is 5. The lowest BCUT2D eigenvalue weighted by Crippen LogP contribution is -2.07. The van der Waals surface area contributed by atoms with Crippen LogP contribution in [0, 0.1) is 0 Å². The molecule has 3 nitrogen and oxygen atoms in total. The summed E-state index contributed by atoms with van der Waals surface area (Å²) >= 11 is 3.48. The van der Waals surface area contributed by atoms with Crippen molar-refractivity contribution < 1.29 is 14.3 Å². The van der Waals surface area contributed by atoms with Crippen molar-refractivity contribution >= 4 is 29.1 Å². The zero-order valence-electron chi connectivity index (χ0n) is 15.0. The Kier molecular flexibility index (Phi) is 6.58. The second-order valence-electron chi connectivity index (χ2n) is 5.82. The van der Waals surface area contributed by atoms with Crippen LogP contribution in [0.3, 0.4) is 0 Å². The largest absolute Gasteiger partial charge is 0.497 e. The second-order valence-corrected chi connectivity index (χ2v) is 8.24. The van der Waals surface area contributed by atoms with Gasteiger partial charge in [0.1, 0.15) is 5.75 Å². The van der Waals surface area contributed by atoms with E-state index in [-0.39, 0.29) is 5.97 Å². The van der Waals surface area contributed by atoms with E-state index in [1.807, 2.05) is 31.2 Å². The van der Waals surface area contributed by atoms with Crippen molar-refractivity contribution in [1.29, 1.82) is 0 Å². The van der Waals surface area contributed by atoms with Gasteiger partial charge in [0, 0.05) is 9.78 Å². The summed E-state index contributed by atoms with van der Waals surface area (Å²) in [5, 5.41) is 0. The van der Waals surface area contributed by atoms with Crippen LogP contribution in [0.4, 0.5) is 0 Å². The third-order valence-electron chi connectivity index (χ3n) is 3.96. The fraction of sp³-hybridized carbons (Fsp3) is 0.286. The van der Waals surface area contributed by atoms with E-state index in [1.165, 1.54) is 9.11 Å². The molecule has 136 valence electrons. The molecule has 26 heavy (non-hydrogen) atoms. The molecule has 0 radical (unpaired) electrons. The van der Waals surface area contributed by atoms with Gasteiger partial charge >= 0.3 is 5.97 Å². The van der Waals surface area contributed by atoms with Crippen LogP contribution in [0.15, 0.2) is 57.7 Å². The molecule has 1 aromatic carbocycles. The Morgan fingerprint density at radius 3 is 2.69 bits per heavy atom. The Morgan fingerprint density at radius 2 is 2.04 bits per heavy atom. The summed E-state index contributed by atoms with van der Waals surface area (Å²) in [6.45, 7) is 2.24. The van der Waals surface area contributed by atoms with Gasteiger partial charge in [-0.05, 0) is 61.2 Å². The number of carbonyl (C=O) groups excluding carboxylic acids is 1. The summed E-state index contributed by atoms with van der Waals surface area (Å²) in [4.78, 5) is 14.4. The van der Waals surface area contributed by atoms with Gasteiger partial charge in [0.15, 0.2) is 0 Å². The van der Waals surface area contributed by atoms with Crippen molar-refractivity contribution in [2.75, 3.05) is 13.7 Å². The number of thioether (sulfide) groups is 1. The first-order valence-corrected chi connectivity index (χ1v) is 10.3. The third-order valence-corrected chi connectivity index (χ3v) is 6.34. The average Bonchev–Trinajstić information content (AvgIpc) is 3.05. The van der Waals surface area contributed by atoms with E-state index >= 15 is 0 Å². The Hall–Kier alpha value is -1.98. The van der Waals surface area contributed by atoms with Crippen LogP contribution in [0.1, 0.15) is 25.3 Å². The van der Waals surface area contributed by atoms with Gasteiger partial charge in [-0.1, -0.05) is 30.0 Å². The lowest BCUT2D eigenvalue weighted by molar-refractivity contribution is -0.142. The molecule has 0 saturated heterocycles. The van der Waals surface area contributed by atoms with E-state index in [4.69, 9.17) is 9.47 Å². The van der Waals surface area contributed by atoms with Crippen LogP contribution in [0.5, 0.6) is 5.75 Å². The molecule has 0 unspecified atom stereocenters. The maximum atomic E-state index is 12.0. The Morgan fingerprint density at radius 1 is 1.23 bits per heavy atom. The van der Waals surface area contributed by atoms with Gasteiger partial charge in [-0.3, -0.25) is 4.79 Å². The van der Waals surface area contributed by atoms with Crippen LogP contribution in [0.2, 0.25) is 0 Å². The molecule has 0 fully saturated rings. The molecule has 1 heterocycles. The number of methoxy groups -OCH3 is 1. The SMILES string of the molecule is CCOC(=O)Cc1cc(SC2=CCCC=C2)sc1-c1ccc(OC)cc1. The van der Waals surface area contributed by atoms with Crippen molar-refractivity contribution in [1.82, 2.24) is 0 Å². The fourth-order valence-electron chi connectivity index (χ4n) is 2.72. The molecule has 1 aliphatic carbocycles. The minimum absolute atomic E-state index is 0.187. The molecule has 0 bridgehead atoms. The third kappa shape index (κ3) is 4.80. The number of esters is 1. The quantitative estimate of drug-likeness (QED) is 0.559. The van der Waals surface area contributed by atoms with Crippen LogP contribution in [-0.2, 0) is 16.0 Å². The first kappa shape index (κ1) is 18.8. The molecule has 0 saturated carbocycles. The number of rotatable bonds is 7. The molecule has 0 spiro atoms. The van der Waals surface area contributed by atoms with Gasteiger partial charge in [-0.15, -0.1) is 11.3 Å². The molecule has 1 aromatic heterocycles. The topological polar surface area (TPSA) is 35.5 Å². The predicted octanol–water partition coefficient (Wildman–Crippen LogP) is 5.86. The van der Waals surface area contributed by atoms with Gasteiger partial charge in [-0.25, -0.2) is 0 Å². The number of hydrogen-bond donors (Lipinski definition) is 0. The van der Waals surface area contributed by atoms with Crippen molar-refractivity contribution in [2.24, 2.45) is 0 Å². The van der Waals surface area contributed by atoms with Crippen LogP contribution >= 0.6 is 23.1 Å². The van der Waals surface area contributed by atoms with E-state index in [2.05, 4.69) is 24.3 Å². The standard InChI is InChI=1S/C21H22O3S2/c1-3-24-19(22)13-16-14-20(25-18-7-5-4-6-8-18)26-21(16)15-9-11-17(23-2)12-10-15/h5,7-12,14H,3-4,6,13H2,1-2H3. The van der Waals surface area contributed by atoms with Gasteiger partial charge < -0.3 is 9.47 Å². The minimum Gasteiger partial charge on any atom is -0.497 e. The van der Waals surface area contributed by atoms with E-state index in [1.54, 1.807) is 30.2 Å². The number of ether oxygens (including phenoxy) is 2. The second kappa shape index (κ2) is 9.10. The monoisotopic (exact) mass is 386 g/mol. The lowest BCUT2D eigenvalue weighted by atomic mass is 10.1. The first-order chi connectivity index (χ1) is 12.7. The van der Waals surface area contributed by atoms with Crippen LogP contribution < -0.4 is 4.74 Å². The number of allylic oxidation sites excluding steroid dienone is 3. The highest BCUT2D eigenvalue weighted by atomic mass is 32.2. The number of thiophene rings is 1. The molecule has 0 atom stereocenters. The average molecular weight is 387 g/mol. The molecular formula is C21H22O3S2. The smallest absolute Gasteiger partial charge is 0.310 e. The molecule has 5 heteroatoms. The minimum atomic E-state index is -0.187. The van der Waals surface area contributed by atoms with Crippen LogP contribution in [-0.4, -0.2) is 19.7 Å². The first-order valence-electron chi connectivity index (χ1n) is 8.67. The fourth-order valence-corrected chi connectivity index (χ4v) is 5.14. The van der Waals surface area contributed by atoms with E-state index in [0.29, 0.717) is 13.0 Å². The normalized spacial score (nSPS) is 13.4. The predicted molar refractivity (Wildman–Crippen MR) is 109 cm³/mol. The molecule has 0 N–H and O–H groups in total. The highest BCUT2D eigenvalue weighted by Gasteiger charge is 2.16. The highest BCUT2D eigenvalue weighted by molar-refractivity contribution is 8.05. The Labute approximate surface area is 162 Å². The number of benzene rings is 1. The number of carbonyl (C=O) groups is 1. The molecule has 3 rings (SSSR count). The molecule has 1 aliphatic rings. The van der Waals surface area contributed by atoms with Crippen molar-refractivity contribution in [3.8, 4) is 16.2 Å².